The van der Waals surface area contributed by atoms with Gasteiger partial charge in [-0.3, -0.25) is 14.7 Å². The Morgan fingerprint density at radius 1 is 1.44 bits per heavy atom. The second kappa shape index (κ2) is 5.48. The van der Waals surface area contributed by atoms with Crippen molar-refractivity contribution >= 4 is 5.97 Å². The highest BCUT2D eigenvalue weighted by Gasteiger charge is 2.43. The fourth-order valence-electron chi connectivity index (χ4n) is 2.81. The van der Waals surface area contributed by atoms with E-state index in [1.54, 1.807) is 12.4 Å². The van der Waals surface area contributed by atoms with Gasteiger partial charge in [-0.25, -0.2) is 0 Å². The molecule has 1 aromatic rings. The van der Waals surface area contributed by atoms with Crippen molar-refractivity contribution in [3.05, 3.63) is 30.1 Å². The van der Waals surface area contributed by atoms with Gasteiger partial charge in [0.05, 0.1) is 0 Å². The average Bonchev–Trinajstić information content (AvgIpc) is 2.40. The summed E-state index contributed by atoms with van der Waals surface area (Å²) in [4.78, 5) is 17.7. The smallest absolute Gasteiger partial charge is 0.324 e. The molecule has 1 saturated carbocycles. The van der Waals surface area contributed by atoms with Crippen LogP contribution in [-0.2, 0) is 11.3 Å². The number of likely N-dealkylation sites (N-methyl/N-ethyl adjacent to an activating group) is 1. The van der Waals surface area contributed by atoms with Crippen molar-refractivity contribution in [3.63, 3.8) is 0 Å². The van der Waals surface area contributed by atoms with Crippen LogP contribution in [0.3, 0.4) is 0 Å². The first-order valence-corrected chi connectivity index (χ1v) is 6.49. The molecule has 1 heterocycles. The molecular weight excluding hydrogens is 228 g/mol. The zero-order chi connectivity index (χ0) is 13.0. The van der Waals surface area contributed by atoms with E-state index in [0.29, 0.717) is 6.54 Å². The maximum atomic E-state index is 11.7. The van der Waals surface area contributed by atoms with Gasteiger partial charge in [0.25, 0.3) is 0 Å². The van der Waals surface area contributed by atoms with E-state index < -0.39 is 11.5 Å². The molecule has 0 unspecified atom stereocenters. The molecule has 0 radical (unpaired) electrons. The van der Waals surface area contributed by atoms with Crippen LogP contribution in [0.2, 0.25) is 0 Å². The molecule has 0 spiro atoms. The SMILES string of the molecule is CN(Cc1cccnc1)C1(C(=O)O)CCCCC1. The minimum Gasteiger partial charge on any atom is -0.480 e. The highest BCUT2D eigenvalue weighted by molar-refractivity contribution is 5.78. The summed E-state index contributed by atoms with van der Waals surface area (Å²) in [7, 11) is 1.91. The third kappa shape index (κ3) is 2.53. The standard InChI is InChI=1S/C14H20N2O2/c1-16(11-12-6-5-9-15-10-12)14(13(17)18)7-3-2-4-8-14/h5-6,9-10H,2-4,7-8,11H2,1H3,(H,17,18). The van der Waals surface area contributed by atoms with E-state index in [2.05, 4.69) is 4.98 Å². The van der Waals surface area contributed by atoms with Crippen molar-refractivity contribution in [2.75, 3.05) is 7.05 Å². The molecule has 0 saturated heterocycles. The number of pyridine rings is 1. The molecule has 1 N–H and O–H groups in total. The van der Waals surface area contributed by atoms with Gasteiger partial charge >= 0.3 is 5.97 Å². The summed E-state index contributed by atoms with van der Waals surface area (Å²) in [6, 6.07) is 3.87. The molecule has 1 fully saturated rings. The zero-order valence-electron chi connectivity index (χ0n) is 10.8. The van der Waals surface area contributed by atoms with Crippen molar-refractivity contribution in [3.8, 4) is 0 Å². The molecule has 98 valence electrons. The summed E-state index contributed by atoms with van der Waals surface area (Å²) in [5, 5.41) is 9.58. The molecule has 0 atom stereocenters. The predicted octanol–water partition coefficient (Wildman–Crippen LogP) is 2.30. The minimum absolute atomic E-state index is 0.639. The lowest BCUT2D eigenvalue weighted by atomic mass is 9.80. The van der Waals surface area contributed by atoms with Gasteiger partial charge in [-0.1, -0.05) is 25.3 Å². The van der Waals surface area contributed by atoms with Crippen LogP contribution in [0.15, 0.2) is 24.5 Å². The van der Waals surface area contributed by atoms with E-state index in [1.807, 2.05) is 24.1 Å². The molecule has 4 heteroatoms. The quantitative estimate of drug-likeness (QED) is 0.888. The Balaban J connectivity index is 2.13. The first-order chi connectivity index (χ1) is 8.65. The van der Waals surface area contributed by atoms with E-state index >= 15 is 0 Å². The van der Waals surface area contributed by atoms with Crippen LogP contribution in [0.5, 0.6) is 0 Å². The van der Waals surface area contributed by atoms with Gasteiger partial charge in [0.1, 0.15) is 5.54 Å². The molecule has 0 aliphatic heterocycles. The number of hydrogen-bond donors (Lipinski definition) is 1. The first kappa shape index (κ1) is 13.0. The lowest BCUT2D eigenvalue weighted by Gasteiger charge is -2.41. The number of carbonyl (C=O) groups is 1. The third-order valence-electron chi connectivity index (χ3n) is 3.95. The van der Waals surface area contributed by atoms with Crippen LogP contribution in [-0.4, -0.2) is 33.5 Å². The van der Waals surface area contributed by atoms with E-state index in [1.165, 1.54) is 0 Å². The van der Waals surface area contributed by atoms with Crippen molar-refractivity contribution in [2.45, 2.75) is 44.2 Å². The molecule has 1 aliphatic rings. The molecule has 1 aliphatic carbocycles. The molecular formula is C14H20N2O2. The van der Waals surface area contributed by atoms with Crippen molar-refractivity contribution in [1.82, 2.24) is 9.88 Å². The van der Waals surface area contributed by atoms with Crippen LogP contribution in [0, 0.1) is 0 Å². The van der Waals surface area contributed by atoms with Gasteiger partial charge in [-0.05, 0) is 31.5 Å². The van der Waals surface area contributed by atoms with Crippen LogP contribution < -0.4 is 0 Å². The highest BCUT2D eigenvalue weighted by Crippen LogP contribution is 2.34. The normalized spacial score (nSPS) is 18.8. The Labute approximate surface area is 108 Å². The van der Waals surface area contributed by atoms with E-state index in [4.69, 9.17) is 0 Å². The minimum atomic E-state index is -0.686. The lowest BCUT2D eigenvalue weighted by molar-refractivity contribution is -0.153. The average molecular weight is 248 g/mol. The van der Waals surface area contributed by atoms with Crippen LogP contribution in [0.4, 0.5) is 0 Å². The molecule has 2 rings (SSSR count). The number of nitrogens with zero attached hydrogens (tertiary/aromatic N) is 2. The Morgan fingerprint density at radius 2 is 2.17 bits per heavy atom. The number of hydrogen-bond acceptors (Lipinski definition) is 3. The maximum absolute atomic E-state index is 11.7. The fraction of sp³-hybridized carbons (Fsp3) is 0.571. The Morgan fingerprint density at radius 3 is 2.72 bits per heavy atom. The van der Waals surface area contributed by atoms with Gasteiger partial charge in [-0.2, -0.15) is 0 Å². The summed E-state index contributed by atoms with van der Waals surface area (Å²) in [6.07, 6.45) is 8.19. The number of carboxylic acids is 1. The van der Waals surface area contributed by atoms with Crippen LogP contribution >= 0.6 is 0 Å². The van der Waals surface area contributed by atoms with E-state index in [-0.39, 0.29) is 0 Å². The van der Waals surface area contributed by atoms with Gasteiger partial charge in [0.15, 0.2) is 0 Å². The summed E-state index contributed by atoms with van der Waals surface area (Å²) in [6.45, 7) is 0.639. The van der Waals surface area contributed by atoms with E-state index in [0.717, 1.165) is 37.7 Å². The van der Waals surface area contributed by atoms with Crippen LogP contribution in [0.1, 0.15) is 37.7 Å². The number of carboxylic acid groups (broad SMARTS) is 1. The zero-order valence-corrected chi connectivity index (χ0v) is 10.8. The van der Waals surface area contributed by atoms with Crippen LogP contribution in [0.25, 0.3) is 0 Å². The summed E-state index contributed by atoms with van der Waals surface area (Å²) < 4.78 is 0. The Bertz CT molecular complexity index is 400. The molecule has 1 aromatic heterocycles. The first-order valence-electron chi connectivity index (χ1n) is 6.49. The van der Waals surface area contributed by atoms with Gasteiger partial charge in [-0.15, -0.1) is 0 Å². The number of rotatable bonds is 4. The Kier molecular flexibility index (Phi) is 3.97. The monoisotopic (exact) mass is 248 g/mol. The Hall–Kier alpha value is -1.42. The maximum Gasteiger partial charge on any atom is 0.324 e. The molecule has 4 nitrogen and oxygen atoms in total. The van der Waals surface area contributed by atoms with Crippen molar-refractivity contribution < 1.29 is 9.90 Å². The fourth-order valence-corrected chi connectivity index (χ4v) is 2.81. The summed E-state index contributed by atoms with van der Waals surface area (Å²) >= 11 is 0. The number of aromatic nitrogens is 1. The predicted molar refractivity (Wildman–Crippen MR) is 69.2 cm³/mol. The van der Waals surface area contributed by atoms with Crippen molar-refractivity contribution in [2.24, 2.45) is 0 Å². The van der Waals surface area contributed by atoms with E-state index in [9.17, 15) is 9.90 Å². The van der Waals surface area contributed by atoms with Gasteiger partial charge in [0, 0.05) is 18.9 Å². The summed E-state index contributed by atoms with van der Waals surface area (Å²) in [5.41, 5.74) is 0.375. The lowest BCUT2D eigenvalue weighted by Crippen LogP contribution is -2.53. The highest BCUT2D eigenvalue weighted by atomic mass is 16.4. The number of aliphatic carboxylic acids is 1. The topological polar surface area (TPSA) is 53.4 Å². The van der Waals surface area contributed by atoms with Gasteiger partial charge < -0.3 is 5.11 Å². The molecule has 0 amide bonds. The molecule has 0 aromatic carbocycles. The third-order valence-corrected chi connectivity index (χ3v) is 3.95. The van der Waals surface area contributed by atoms with Crippen molar-refractivity contribution in [1.29, 1.82) is 0 Å². The largest absolute Gasteiger partial charge is 0.480 e. The van der Waals surface area contributed by atoms with Gasteiger partial charge in [0.2, 0.25) is 0 Å². The molecule has 18 heavy (non-hydrogen) atoms. The molecule has 0 bridgehead atoms. The second-order valence-electron chi connectivity index (χ2n) is 5.11. The summed E-state index contributed by atoms with van der Waals surface area (Å²) in [5.74, 6) is -0.686. The second-order valence-corrected chi connectivity index (χ2v) is 5.11.